The van der Waals surface area contributed by atoms with Crippen LogP contribution in [0.2, 0.25) is 0 Å². The Bertz CT molecular complexity index is 523. The molecule has 8 heteroatoms. The topological polar surface area (TPSA) is 0 Å². The molecule has 0 saturated carbocycles. The Morgan fingerprint density at radius 2 is 1.10 bits per heavy atom. The Labute approximate surface area is 152 Å². The predicted molar refractivity (Wildman–Crippen MR) is 110 cm³/mol. The molecule has 4 rings (SSSR count). The van der Waals surface area contributed by atoms with Gasteiger partial charge in [0, 0.05) is 11.5 Å². The highest BCUT2D eigenvalue weighted by molar-refractivity contribution is 8.42. The first-order chi connectivity index (χ1) is 9.88. The van der Waals surface area contributed by atoms with Gasteiger partial charge in [-0.05, 0) is 23.0 Å². The summed E-state index contributed by atoms with van der Waals surface area (Å²) in [5, 5.41) is 4.35. The standard InChI is InChI=1S/C12H8S8/c1(7-17-9-10(18-7)14-4-3-13-9)2-8-19-11-12(20-8)16-6-5-15-11/h1-4H,5-6H2. The zero-order chi connectivity index (χ0) is 13.4. The summed E-state index contributed by atoms with van der Waals surface area (Å²) in [5.41, 5.74) is 0. The van der Waals surface area contributed by atoms with Crippen LogP contribution >= 0.6 is 94.1 Å². The molecule has 0 amide bonds. The van der Waals surface area contributed by atoms with E-state index in [4.69, 9.17) is 0 Å². The van der Waals surface area contributed by atoms with Crippen molar-refractivity contribution < 1.29 is 0 Å². The maximum Gasteiger partial charge on any atom is 0.0705 e. The Morgan fingerprint density at radius 1 is 0.650 bits per heavy atom. The fourth-order valence-corrected chi connectivity index (χ4v) is 12.4. The molecule has 4 aliphatic rings. The Morgan fingerprint density at radius 3 is 1.60 bits per heavy atom. The Hall–Kier alpha value is 1.50. The predicted octanol–water partition coefficient (Wildman–Crippen LogP) is 7.31. The van der Waals surface area contributed by atoms with Gasteiger partial charge in [0.1, 0.15) is 0 Å². The molecule has 0 nitrogen and oxygen atoms in total. The van der Waals surface area contributed by atoms with Gasteiger partial charge in [-0.1, -0.05) is 70.6 Å². The molecule has 0 aromatic rings. The van der Waals surface area contributed by atoms with Gasteiger partial charge in [-0.3, -0.25) is 0 Å². The van der Waals surface area contributed by atoms with Gasteiger partial charge in [-0.15, -0.1) is 23.5 Å². The summed E-state index contributed by atoms with van der Waals surface area (Å²) in [6.07, 6.45) is 4.59. The second-order valence-corrected chi connectivity index (χ2v) is 13.5. The molecule has 0 aromatic heterocycles. The fourth-order valence-electron chi connectivity index (χ4n) is 1.61. The minimum Gasteiger partial charge on any atom is -0.116 e. The van der Waals surface area contributed by atoms with E-state index >= 15 is 0 Å². The third-order valence-electron chi connectivity index (χ3n) is 2.42. The van der Waals surface area contributed by atoms with Crippen molar-refractivity contribution in [2.24, 2.45) is 0 Å². The van der Waals surface area contributed by atoms with Gasteiger partial charge < -0.3 is 0 Å². The minimum atomic E-state index is 1.26. The van der Waals surface area contributed by atoms with Crippen molar-refractivity contribution in [1.82, 2.24) is 0 Å². The molecular formula is C12H8S8. The fraction of sp³-hybridized carbons (Fsp3) is 0.167. The van der Waals surface area contributed by atoms with Crippen LogP contribution in [0, 0.1) is 0 Å². The lowest BCUT2D eigenvalue weighted by molar-refractivity contribution is 1.56. The van der Waals surface area contributed by atoms with Crippen molar-refractivity contribution in [3.63, 3.8) is 0 Å². The highest BCUT2D eigenvalue weighted by Crippen LogP contribution is 2.61. The first-order valence-electron chi connectivity index (χ1n) is 5.74. The molecule has 0 atom stereocenters. The summed E-state index contributed by atoms with van der Waals surface area (Å²) in [7, 11) is 0. The first-order valence-corrected chi connectivity index (χ1v) is 12.7. The van der Waals surface area contributed by atoms with Crippen LogP contribution in [-0.4, -0.2) is 11.5 Å². The lowest BCUT2D eigenvalue weighted by Gasteiger charge is -2.08. The summed E-state index contributed by atoms with van der Waals surface area (Å²) in [6, 6.07) is 0. The number of hydrogen-bond donors (Lipinski definition) is 0. The van der Waals surface area contributed by atoms with E-state index in [-0.39, 0.29) is 0 Å². The monoisotopic (exact) mass is 408 g/mol. The highest BCUT2D eigenvalue weighted by Gasteiger charge is 2.25. The molecule has 0 N–H and O–H groups in total. The molecular weight excluding hydrogens is 401 g/mol. The van der Waals surface area contributed by atoms with Crippen molar-refractivity contribution in [2.75, 3.05) is 11.5 Å². The maximum absolute atomic E-state index is 2.30. The van der Waals surface area contributed by atoms with Crippen molar-refractivity contribution in [2.45, 2.75) is 0 Å². The molecule has 0 fully saturated rings. The van der Waals surface area contributed by atoms with E-state index in [0.717, 1.165) is 0 Å². The van der Waals surface area contributed by atoms with Gasteiger partial charge >= 0.3 is 0 Å². The van der Waals surface area contributed by atoms with E-state index in [9.17, 15) is 0 Å². The Balaban J connectivity index is 1.42. The van der Waals surface area contributed by atoms with Gasteiger partial charge in [0.25, 0.3) is 0 Å². The summed E-state index contributed by atoms with van der Waals surface area (Å²) in [5.74, 6) is 2.52. The summed E-state index contributed by atoms with van der Waals surface area (Å²) in [6.45, 7) is 0. The van der Waals surface area contributed by atoms with Crippen LogP contribution in [0.25, 0.3) is 0 Å². The van der Waals surface area contributed by atoms with E-state index in [1.54, 1.807) is 0 Å². The second-order valence-electron chi connectivity index (χ2n) is 3.73. The van der Waals surface area contributed by atoms with Crippen LogP contribution in [0.5, 0.6) is 0 Å². The summed E-state index contributed by atoms with van der Waals surface area (Å²) in [4.78, 5) is 0. The molecule has 4 aliphatic heterocycles. The van der Waals surface area contributed by atoms with Crippen molar-refractivity contribution in [3.8, 4) is 0 Å². The number of hydrogen-bond acceptors (Lipinski definition) is 8. The van der Waals surface area contributed by atoms with Crippen molar-refractivity contribution >= 4 is 94.1 Å². The summed E-state index contributed by atoms with van der Waals surface area (Å²) < 4.78 is 8.77. The van der Waals surface area contributed by atoms with Crippen LogP contribution in [-0.2, 0) is 0 Å². The van der Waals surface area contributed by atoms with Gasteiger partial charge in [0.2, 0.25) is 0 Å². The molecule has 4 heterocycles. The van der Waals surface area contributed by atoms with Crippen LogP contribution < -0.4 is 0 Å². The van der Waals surface area contributed by atoms with E-state index in [1.165, 1.54) is 36.9 Å². The Kier molecular flexibility index (Phi) is 5.23. The van der Waals surface area contributed by atoms with Crippen LogP contribution in [0.4, 0.5) is 0 Å². The molecule has 0 radical (unpaired) electrons. The van der Waals surface area contributed by atoms with E-state index < -0.39 is 0 Å². The molecule has 0 unspecified atom stereocenters. The average molecular weight is 409 g/mol. The van der Waals surface area contributed by atoms with E-state index in [1.807, 2.05) is 94.1 Å². The lowest BCUT2D eigenvalue weighted by atomic mass is 10.6. The highest BCUT2D eigenvalue weighted by atomic mass is 32.3. The largest absolute Gasteiger partial charge is 0.116 e. The maximum atomic E-state index is 2.30. The normalized spacial score (nSPS) is 25.2. The zero-order valence-corrected chi connectivity index (χ0v) is 16.5. The van der Waals surface area contributed by atoms with Crippen molar-refractivity contribution in [3.05, 3.63) is 48.4 Å². The zero-order valence-electron chi connectivity index (χ0n) is 9.99. The molecule has 0 saturated heterocycles. The summed E-state index contributed by atoms with van der Waals surface area (Å²) >= 11 is 15.4. The van der Waals surface area contributed by atoms with Crippen molar-refractivity contribution in [1.29, 1.82) is 0 Å². The molecule has 0 aliphatic carbocycles. The van der Waals surface area contributed by atoms with Crippen LogP contribution in [0.15, 0.2) is 48.4 Å². The quantitative estimate of drug-likeness (QED) is 0.437. The molecule has 0 bridgehead atoms. The van der Waals surface area contributed by atoms with Crippen LogP contribution in [0.3, 0.4) is 0 Å². The molecule has 0 aromatic carbocycles. The number of thioether (sulfide) groups is 8. The average Bonchev–Trinajstić information content (AvgIpc) is 3.07. The molecule has 0 spiro atoms. The van der Waals surface area contributed by atoms with Gasteiger partial charge in [-0.25, -0.2) is 0 Å². The number of allylic oxidation sites excluding steroid dienone is 2. The molecule has 20 heavy (non-hydrogen) atoms. The minimum absolute atomic E-state index is 1.26. The number of rotatable bonds is 1. The van der Waals surface area contributed by atoms with E-state index in [2.05, 4.69) is 23.0 Å². The first kappa shape index (κ1) is 15.1. The smallest absolute Gasteiger partial charge is 0.0705 e. The van der Waals surface area contributed by atoms with Gasteiger partial charge in [0.15, 0.2) is 0 Å². The van der Waals surface area contributed by atoms with E-state index in [0.29, 0.717) is 0 Å². The second kappa shape index (κ2) is 6.95. The van der Waals surface area contributed by atoms with Crippen LogP contribution in [0.1, 0.15) is 0 Å². The third-order valence-corrected chi connectivity index (χ3v) is 13.2. The third kappa shape index (κ3) is 3.37. The van der Waals surface area contributed by atoms with Gasteiger partial charge in [0.05, 0.1) is 25.4 Å². The lowest BCUT2D eigenvalue weighted by Crippen LogP contribution is -1.88. The van der Waals surface area contributed by atoms with Gasteiger partial charge in [-0.2, -0.15) is 0 Å². The molecule has 104 valence electrons. The SMILES string of the molecule is C1=CSC2=C(S1)SC(=CC=C1SC3=C(SCCS3)S1)S2.